The van der Waals surface area contributed by atoms with Crippen LogP contribution in [0.1, 0.15) is 0 Å². The Bertz CT molecular complexity index is 1270. The first-order valence-corrected chi connectivity index (χ1v) is 9.83. The van der Waals surface area contributed by atoms with E-state index in [9.17, 15) is 4.57 Å². The standard InChI is InChI=1S/C24H16NOP/c26-27-20-13-10-17(11-14-20)18-12-15-24-22(16-18)21-8-4-5-9-23(21)25(24)19-6-2-1-3-7-19/h1-16H/p+1. The van der Waals surface area contributed by atoms with E-state index >= 15 is 0 Å². The first-order chi connectivity index (χ1) is 13.3. The molecule has 4 aromatic carbocycles. The van der Waals surface area contributed by atoms with E-state index in [-0.39, 0.29) is 0 Å². The van der Waals surface area contributed by atoms with Crippen LogP contribution in [0.3, 0.4) is 0 Å². The number of hydrogen-bond donors (Lipinski definition) is 0. The summed E-state index contributed by atoms with van der Waals surface area (Å²) in [5, 5.41) is 3.33. The molecule has 0 radical (unpaired) electrons. The van der Waals surface area contributed by atoms with Crippen LogP contribution in [0, 0.1) is 0 Å². The fraction of sp³-hybridized carbons (Fsp3) is 0. The van der Waals surface area contributed by atoms with Crippen LogP contribution in [0.2, 0.25) is 0 Å². The summed E-state index contributed by atoms with van der Waals surface area (Å²) in [6.07, 6.45) is 0. The van der Waals surface area contributed by atoms with Gasteiger partial charge in [0.2, 0.25) is 0 Å². The van der Waals surface area contributed by atoms with E-state index in [0.717, 1.165) is 16.6 Å². The van der Waals surface area contributed by atoms with Crippen LogP contribution in [0.15, 0.2) is 97.1 Å². The van der Waals surface area contributed by atoms with Gasteiger partial charge < -0.3 is 4.57 Å². The Kier molecular flexibility index (Phi) is 3.85. The minimum absolute atomic E-state index is 0.411. The number of rotatable bonds is 3. The largest absolute Gasteiger partial charge is 0.363 e. The van der Waals surface area contributed by atoms with Crippen LogP contribution in [0.4, 0.5) is 0 Å². The molecule has 3 heteroatoms. The smallest absolute Gasteiger partial charge is 0.309 e. The van der Waals surface area contributed by atoms with Gasteiger partial charge in [-0.1, -0.05) is 47.0 Å². The van der Waals surface area contributed by atoms with Crippen LogP contribution < -0.4 is 5.30 Å². The molecule has 1 aromatic heterocycles. The van der Waals surface area contributed by atoms with E-state index in [1.807, 2.05) is 30.3 Å². The highest BCUT2D eigenvalue weighted by Gasteiger charge is 2.13. The van der Waals surface area contributed by atoms with Gasteiger partial charge in [-0.05, 0) is 65.7 Å². The molecule has 0 N–H and O–H groups in total. The highest BCUT2D eigenvalue weighted by atomic mass is 31.1. The minimum atomic E-state index is -0.411. The van der Waals surface area contributed by atoms with Gasteiger partial charge >= 0.3 is 8.46 Å². The van der Waals surface area contributed by atoms with Crippen LogP contribution in [0.25, 0.3) is 38.6 Å². The van der Waals surface area contributed by atoms with Crippen molar-refractivity contribution in [2.24, 2.45) is 0 Å². The van der Waals surface area contributed by atoms with E-state index in [1.165, 1.54) is 27.4 Å². The fourth-order valence-corrected chi connectivity index (χ4v) is 4.04. The second-order valence-corrected chi connectivity index (χ2v) is 7.38. The molecule has 1 heterocycles. The monoisotopic (exact) mass is 366 g/mol. The van der Waals surface area contributed by atoms with Crippen molar-refractivity contribution in [1.82, 2.24) is 4.57 Å². The van der Waals surface area contributed by atoms with Gasteiger partial charge in [0.25, 0.3) is 0 Å². The zero-order valence-corrected chi connectivity index (χ0v) is 15.6. The summed E-state index contributed by atoms with van der Waals surface area (Å²) < 4.78 is 13.4. The number of hydrogen-bond acceptors (Lipinski definition) is 1. The molecule has 0 bridgehead atoms. The van der Waals surface area contributed by atoms with Crippen molar-refractivity contribution >= 4 is 35.6 Å². The molecule has 0 fully saturated rings. The number of nitrogens with zero attached hydrogens (tertiary/aromatic N) is 1. The Morgan fingerprint density at radius 3 is 2.04 bits per heavy atom. The maximum atomic E-state index is 11.1. The highest BCUT2D eigenvalue weighted by Crippen LogP contribution is 2.34. The summed E-state index contributed by atoms with van der Waals surface area (Å²) in [6.45, 7) is 0. The van der Waals surface area contributed by atoms with E-state index in [1.54, 1.807) is 0 Å². The van der Waals surface area contributed by atoms with Gasteiger partial charge in [-0.2, -0.15) is 0 Å². The molecule has 0 aliphatic heterocycles. The lowest BCUT2D eigenvalue weighted by Gasteiger charge is -2.08. The van der Waals surface area contributed by atoms with Crippen molar-refractivity contribution in [2.45, 2.75) is 0 Å². The summed E-state index contributed by atoms with van der Waals surface area (Å²) in [5.74, 6) is 0. The van der Waals surface area contributed by atoms with E-state index in [2.05, 4.69) is 71.3 Å². The molecule has 5 aromatic rings. The zero-order chi connectivity index (χ0) is 18.2. The number of para-hydroxylation sites is 2. The summed E-state index contributed by atoms with van der Waals surface area (Å²) >= 11 is 0. The fourth-order valence-electron chi connectivity index (χ4n) is 3.74. The average molecular weight is 366 g/mol. The van der Waals surface area contributed by atoms with Gasteiger partial charge in [0.05, 0.1) is 11.0 Å². The zero-order valence-electron chi connectivity index (χ0n) is 14.6. The van der Waals surface area contributed by atoms with Crippen LogP contribution in [-0.4, -0.2) is 4.57 Å². The van der Waals surface area contributed by atoms with Gasteiger partial charge in [0.15, 0.2) is 5.30 Å². The van der Waals surface area contributed by atoms with E-state index < -0.39 is 8.46 Å². The summed E-state index contributed by atoms with van der Waals surface area (Å²) in [7, 11) is -0.411. The van der Waals surface area contributed by atoms with Crippen molar-refractivity contribution in [3.63, 3.8) is 0 Å². The molecule has 2 nitrogen and oxygen atoms in total. The minimum Gasteiger partial charge on any atom is -0.309 e. The summed E-state index contributed by atoms with van der Waals surface area (Å²) in [5.41, 5.74) is 5.87. The molecule has 0 aliphatic carbocycles. The maximum absolute atomic E-state index is 11.1. The predicted molar refractivity (Wildman–Crippen MR) is 115 cm³/mol. The van der Waals surface area contributed by atoms with Crippen molar-refractivity contribution in [3.8, 4) is 16.8 Å². The second kappa shape index (κ2) is 6.50. The van der Waals surface area contributed by atoms with Gasteiger partial charge in [-0.15, -0.1) is 0 Å². The average Bonchev–Trinajstić information content (AvgIpc) is 3.08. The molecule has 1 atom stereocenters. The lowest BCUT2D eigenvalue weighted by Crippen LogP contribution is -1.93. The molecule has 128 valence electrons. The Morgan fingerprint density at radius 2 is 1.26 bits per heavy atom. The molecule has 0 aliphatic rings. The maximum Gasteiger partial charge on any atom is 0.363 e. The molecular weight excluding hydrogens is 349 g/mol. The van der Waals surface area contributed by atoms with Gasteiger partial charge in [0, 0.05) is 16.5 Å². The Labute approximate surface area is 158 Å². The number of aromatic nitrogens is 1. The van der Waals surface area contributed by atoms with Gasteiger partial charge in [-0.25, -0.2) is 0 Å². The van der Waals surface area contributed by atoms with Crippen molar-refractivity contribution in [3.05, 3.63) is 97.1 Å². The van der Waals surface area contributed by atoms with Crippen LogP contribution in [0.5, 0.6) is 0 Å². The SMILES string of the molecule is O=[PH+]c1ccc(-c2ccc3c(c2)c2ccccc2n3-c2ccccc2)cc1. The predicted octanol–water partition coefficient (Wildman–Crippen LogP) is 6.10. The highest BCUT2D eigenvalue weighted by molar-refractivity contribution is 7.34. The molecule has 0 amide bonds. The topological polar surface area (TPSA) is 22.0 Å². The molecule has 0 spiro atoms. The van der Waals surface area contributed by atoms with Crippen molar-refractivity contribution in [1.29, 1.82) is 0 Å². The van der Waals surface area contributed by atoms with E-state index in [0.29, 0.717) is 0 Å². The van der Waals surface area contributed by atoms with Gasteiger partial charge in [0.1, 0.15) is 0 Å². The molecular formula is C24H17NOP+. The normalized spacial score (nSPS) is 11.4. The lowest BCUT2D eigenvalue weighted by atomic mass is 10.0. The van der Waals surface area contributed by atoms with Crippen molar-refractivity contribution in [2.75, 3.05) is 0 Å². The molecule has 5 rings (SSSR count). The molecule has 1 unspecified atom stereocenters. The number of benzene rings is 4. The van der Waals surface area contributed by atoms with Gasteiger partial charge in [-0.3, -0.25) is 0 Å². The Morgan fingerprint density at radius 1 is 0.593 bits per heavy atom. The van der Waals surface area contributed by atoms with Crippen molar-refractivity contribution < 1.29 is 4.57 Å². The first kappa shape index (κ1) is 16.0. The molecule has 0 saturated carbocycles. The third-order valence-electron chi connectivity index (χ3n) is 5.02. The lowest BCUT2D eigenvalue weighted by molar-refractivity contribution is 0.603. The summed E-state index contributed by atoms with van der Waals surface area (Å²) in [4.78, 5) is 0. The molecule has 0 saturated heterocycles. The third kappa shape index (κ3) is 2.66. The summed E-state index contributed by atoms with van der Waals surface area (Å²) in [6, 6.07) is 33.6. The first-order valence-electron chi connectivity index (χ1n) is 8.92. The third-order valence-corrected chi connectivity index (χ3v) is 5.59. The molecule has 27 heavy (non-hydrogen) atoms. The second-order valence-electron chi connectivity index (χ2n) is 6.60. The Hall–Kier alpha value is -3.22. The van der Waals surface area contributed by atoms with Crippen LogP contribution in [-0.2, 0) is 4.57 Å². The van der Waals surface area contributed by atoms with Crippen LogP contribution >= 0.6 is 8.46 Å². The quantitative estimate of drug-likeness (QED) is 0.354. The van der Waals surface area contributed by atoms with E-state index in [4.69, 9.17) is 0 Å². The Balaban J connectivity index is 1.78. The number of fused-ring (bicyclic) bond motifs is 3.